The van der Waals surface area contributed by atoms with E-state index >= 15 is 0 Å². The second-order valence-electron chi connectivity index (χ2n) is 2.75. The average Bonchev–Trinajstić information content (AvgIpc) is 2.16. The van der Waals surface area contributed by atoms with Gasteiger partial charge in [-0.1, -0.05) is 0 Å². The first-order valence-electron chi connectivity index (χ1n) is 4.33. The van der Waals surface area contributed by atoms with Gasteiger partial charge in [0.2, 0.25) is 0 Å². The van der Waals surface area contributed by atoms with E-state index in [0.29, 0.717) is 0 Å². The minimum Gasteiger partial charge on any atom is -0.447 e. The number of thioether (sulfide) groups is 1. The van der Waals surface area contributed by atoms with E-state index in [4.69, 9.17) is 10.2 Å². The lowest BCUT2D eigenvalue weighted by Gasteiger charge is -2.20. The number of aliphatic hydroxyl groups excluding tert-OH is 2. The molecule has 0 aliphatic heterocycles. The summed E-state index contributed by atoms with van der Waals surface area (Å²) in [6.45, 7) is 1.59. The number of rotatable bonds is 6. The largest absolute Gasteiger partial charge is 0.447 e. The van der Waals surface area contributed by atoms with E-state index in [1.165, 1.54) is 11.8 Å². The third-order valence-electron chi connectivity index (χ3n) is 1.71. The predicted octanol–water partition coefficient (Wildman–Crippen LogP) is -0.183. The summed E-state index contributed by atoms with van der Waals surface area (Å²) in [5, 5.41) is 19.9. The first kappa shape index (κ1) is 13.5. The van der Waals surface area contributed by atoms with Gasteiger partial charge in [-0.3, -0.25) is 0 Å². The van der Waals surface area contributed by atoms with Crippen molar-refractivity contribution in [3.8, 4) is 0 Å². The lowest BCUT2D eigenvalue weighted by atomic mass is 10.2. The maximum Gasteiger partial charge on any atom is 0.407 e. The second-order valence-corrected chi connectivity index (χ2v) is 3.83. The maximum atomic E-state index is 11.0. The number of carbonyl (C=O) groups is 1. The van der Waals surface area contributed by atoms with Crippen molar-refractivity contribution in [3.05, 3.63) is 0 Å². The van der Waals surface area contributed by atoms with Crippen LogP contribution in [0.25, 0.3) is 0 Å². The Morgan fingerprint density at radius 3 is 2.64 bits per heavy atom. The summed E-state index contributed by atoms with van der Waals surface area (Å²) in [6.07, 6.45) is 1.29. The summed E-state index contributed by atoms with van der Waals surface area (Å²) in [7, 11) is 0. The lowest BCUT2D eigenvalue weighted by molar-refractivity contribution is 0.116. The number of ether oxygens (including phenoxy) is 1. The molecule has 0 saturated heterocycles. The Morgan fingerprint density at radius 2 is 2.21 bits per heavy atom. The van der Waals surface area contributed by atoms with Crippen LogP contribution < -0.4 is 5.32 Å². The molecule has 0 fully saturated rings. The third kappa shape index (κ3) is 5.31. The Kier molecular flexibility index (Phi) is 7.64. The molecule has 6 heteroatoms. The molecule has 0 rings (SSSR count). The normalized spacial score (nSPS) is 14.6. The number of aliphatic hydroxyl groups is 2. The molecule has 0 aliphatic carbocycles. The molecule has 0 radical (unpaired) electrons. The Balaban J connectivity index is 3.79. The highest BCUT2D eigenvalue weighted by molar-refractivity contribution is 7.99. The van der Waals surface area contributed by atoms with E-state index in [-0.39, 0.29) is 31.1 Å². The van der Waals surface area contributed by atoms with Crippen molar-refractivity contribution in [1.29, 1.82) is 0 Å². The zero-order valence-corrected chi connectivity index (χ0v) is 9.21. The molecule has 0 bridgehead atoms. The molecule has 5 nitrogen and oxygen atoms in total. The van der Waals surface area contributed by atoms with Crippen LogP contribution in [0, 0.1) is 0 Å². The first-order chi connectivity index (χ1) is 6.65. The van der Waals surface area contributed by atoms with Crippen LogP contribution in [0.15, 0.2) is 0 Å². The fourth-order valence-corrected chi connectivity index (χ4v) is 1.52. The lowest BCUT2D eigenvalue weighted by Crippen LogP contribution is -2.41. The van der Waals surface area contributed by atoms with Crippen molar-refractivity contribution in [2.45, 2.75) is 18.2 Å². The number of carbonyl (C=O) groups excluding carboxylic acids is 1. The van der Waals surface area contributed by atoms with Gasteiger partial charge >= 0.3 is 6.09 Å². The van der Waals surface area contributed by atoms with Crippen molar-refractivity contribution in [1.82, 2.24) is 5.32 Å². The molecular weight excluding hydrogens is 206 g/mol. The van der Waals surface area contributed by atoms with Gasteiger partial charge in [0.25, 0.3) is 0 Å². The van der Waals surface area contributed by atoms with Gasteiger partial charge in [-0.2, -0.15) is 11.8 Å². The van der Waals surface area contributed by atoms with Crippen molar-refractivity contribution < 1.29 is 19.7 Å². The molecule has 0 saturated carbocycles. The van der Waals surface area contributed by atoms with Crippen molar-refractivity contribution in [3.63, 3.8) is 0 Å². The summed E-state index contributed by atoms with van der Waals surface area (Å²) in [6, 6.07) is -0.166. The van der Waals surface area contributed by atoms with E-state index in [2.05, 4.69) is 10.1 Å². The van der Waals surface area contributed by atoms with Crippen LogP contribution in [-0.4, -0.2) is 53.7 Å². The highest BCUT2D eigenvalue weighted by Gasteiger charge is 2.17. The van der Waals surface area contributed by atoms with Crippen molar-refractivity contribution in [2.24, 2.45) is 0 Å². The van der Waals surface area contributed by atoms with Crippen molar-refractivity contribution >= 4 is 17.9 Å². The molecule has 1 amide bonds. The molecule has 0 aliphatic rings. The summed E-state index contributed by atoms with van der Waals surface area (Å²) in [5.41, 5.74) is 0. The van der Waals surface area contributed by atoms with Gasteiger partial charge in [0, 0.05) is 11.3 Å². The topological polar surface area (TPSA) is 78.8 Å². The van der Waals surface area contributed by atoms with Crippen LogP contribution in [-0.2, 0) is 4.74 Å². The zero-order chi connectivity index (χ0) is 11.0. The quantitative estimate of drug-likeness (QED) is 0.582. The van der Waals surface area contributed by atoms with Crippen LogP contribution in [0.2, 0.25) is 0 Å². The van der Waals surface area contributed by atoms with E-state index in [9.17, 15) is 4.79 Å². The number of amides is 1. The van der Waals surface area contributed by atoms with Gasteiger partial charge in [-0.05, 0) is 13.2 Å². The van der Waals surface area contributed by atoms with Gasteiger partial charge in [-0.25, -0.2) is 4.79 Å². The molecule has 0 aromatic carbocycles. The predicted molar refractivity (Wildman–Crippen MR) is 55.4 cm³/mol. The molecule has 84 valence electrons. The third-order valence-corrected chi connectivity index (χ3v) is 2.87. The molecule has 0 spiro atoms. The Bertz CT molecular complexity index is 163. The van der Waals surface area contributed by atoms with Crippen LogP contribution in [0.1, 0.15) is 6.92 Å². The second kappa shape index (κ2) is 7.90. The minimum absolute atomic E-state index is 0.00259. The van der Waals surface area contributed by atoms with Gasteiger partial charge in [0.1, 0.15) is 6.61 Å². The Labute approximate surface area is 87.8 Å². The standard InChI is InChI=1S/C8H17NO4S/c1-6(7(5-11)14-2)9-8(12)13-4-3-10/h6-7,10-11H,3-5H2,1-2H3,(H,9,12). The molecule has 2 atom stereocenters. The highest BCUT2D eigenvalue weighted by Crippen LogP contribution is 2.10. The van der Waals surface area contributed by atoms with Gasteiger partial charge in [0.15, 0.2) is 0 Å². The van der Waals surface area contributed by atoms with E-state index in [1.54, 1.807) is 6.92 Å². The van der Waals surface area contributed by atoms with E-state index < -0.39 is 6.09 Å². The van der Waals surface area contributed by atoms with E-state index in [1.807, 2.05) is 6.26 Å². The summed E-state index contributed by atoms with van der Waals surface area (Å²) >= 11 is 1.47. The van der Waals surface area contributed by atoms with E-state index in [0.717, 1.165) is 0 Å². The number of hydrogen-bond acceptors (Lipinski definition) is 5. The monoisotopic (exact) mass is 223 g/mol. The average molecular weight is 223 g/mol. The van der Waals surface area contributed by atoms with Crippen LogP contribution in [0.3, 0.4) is 0 Å². The number of nitrogens with one attached hydrogen (secondary N) is 1. The van der Waals surface area contributed by atoms with Crippen LogP contribution >= 0.6 is 11.8 Å². The molecule has 0 aromatic rings. The molecule has 0 aromatic heterocycles. The molecule has 2 unspecified atom stereocenters. The van der Waals surface area contributed by atoms with Crippen LogP contribution in [0.5, 0.6) is 0 Å². The first-order valence-corrected chi connectivity index (χ1v) is 5.62. The Morgan fingerprint density at radius 1 is 1.57 bits per heavy atom. The fraction of sp³-hybridized carbons (Fsp3) is 0.875. The summed E-state index contributed by atoms with van der Waals surface area (Å²) in [4.78, 5) is 11.0. The maximum absolute atomic E-state index is 11.0. The summed E-state index contributed by atoms with van der Waals surface area (Å²) in [5.74, 6) is 0. The Hall–Kier alpha value is -0.460. The number of hydrogen-bond donors (Lipinski definition) is 3. The summed E-state index contributed by atoms with van der Waals surface area (Å²) < 4.78 is 4.61. The fourth-order valence-electron chi connectivity index (χ4n) is 0.896. The van der Waals surface area contributed by atoms with Crippen molar-refractivity contribution in [2.75, 3.05) is 26.1 Å². The number of alkyl carbamates (subject to hydrolysis) is 1. The van der Waals surface area contributed by atoms with Gasteiger partial charge < -0.3 is 20.3 Å². The van der Waals surface area contributed by atoms with Gasteiger partial charge in [0.05, 0.1) is 13.2 Å². The molecular formula is C8H17NO4S. The van der Waals surface area contributed by atoms with Gasteiger partial charge in [-0.15, -0.1) is 0 Å². The smallest absolute Gasteiger partial charge is 0.407 e. The SMILES string of the molecule is CSC(CO)C(C)NC(=O)OCCO. The van der Waals surface area contributed by atoms with Crippen LogP contribution in [0.4, 0.5) is 4.79 Å². The minimum atomic E-state index is -0.570. The molecule has 14 heavy (non-hydrogen) atoms. The molecule has 0 heterocycles. The molecule has 3 N–H and O–H groups in total. The highest BCUT2D eigenvalue weighted by atomic mass is 32.2. The zero-order valence-electron chi connectivity index (χ0n) is 8.40.